The summed E-state index contributed by atoms with van der Waals surface area (Å²) in [7, 11) is 0. The number of hydrogen-bond acceptors (Lipinski definition) is 3. The van der Waals surface area contributed by atoms with E-state index in [1.165, 1.54) is 29.8 Å². The largest absolute Gasteiger partial charge is 0.381 e. The molecular weight excluding hydrogens is 190 g/mol. The Bertz CT molecular complexity index is 342. The Labute approximate surface area is 89.4 Å². The van der Waals surface area contributed by atoms with Gasteiger partial charge in [0.2, 0.25) is 0 Å². The standard InChI is InChI=1S/C11H17N3O/c1-2-8(7-15-5-1)11-9-3-4-12-6-10(9)13-14-11/h8,12H,1-7H2,(H,13,14). The van der Waals surface area contributed by atoms with Gasteiger partial charge < -0.3 is 10.1 Å². The van der Waals surface area contributed by atoms with E-state index in [4.69, 9.17) is 4.74 Å². The molecule has 1 atom stereocenters. The van der Waals surface area contributed by atoms with Crippen LogP contribution in [0.15, 0.2) is 0 Å². The van der Waals surface area contributed by atoms with Crippen molar-refractivity contribution in [3.8, 4) is 0 Å². The Balaban J connectivity index is 1.87. The fourth-order valence-corrected chi connectivity index (χ4v) is 2.56. The first kappa shape index (κ1) is 9.36. The lowest BCUT2D eigenvalue weighted by Gasteiger charge is -2.22. The zero-order valence-corrected chi connectivity index (χ0v) is 8.88. The van der Waals surface area contributed by atoms with E-state index in [9.17, 15) is 0 Å². The quantitative estimate of drug-likeness (QED) is 0.721. The van der Waals surface area contributed by atoms with Crippen molar-refractivity contribution in [1.29, 1.82) is 0 Å². The van der Waals surface area contributed by atoms with E-state index in [0.717, 1.165) is 32.7 Å². The van der Waals surface area contributed by atoms with Crippen LogP contribution in [0.5, 0.6) is 0 Å². The molecule has 15 heavy (non-hydrogen) atoms. The molecule has 3 rings (SSSR count). The molecule has 0 spiro atoms. The predicted octanol–water partition coefficient (Wildman–Crippen LogP) is 0.949. The SMILES string of the molecule is C1COCC(c2n[nH]c3c2CCNC3)C1. The van der Waals surface area contributed by atoms with Gasteiger partial charge in [-0.1, -0.05) is 0 Å². The summed E-state index contributed by atoms with van der Waals surface area (Å²) in [6, 6.07) is 0. The van der Waals surface area contributed by atoms with Gasteiger partial charge in [0, 0.05) is 19.1 Å². The molecule has 0 amide bonds. The second-order valence-corrected chi connectivity index (χ2v) is 4.41. The molecule has 0 aromatic carbocycles. The van der Waals surface area contributed by atoms with Crippen LogP contribution in [0.4, 0.5) is 0 Å². The third-order valence-corrected chi connectivity index (χ3v) is 3.39. The molecule has 1 unspecified atom stereocenters. The molecule has 2 N–H and O–H groups in total. The Kier molecular flexibility index (Phi) is 2.46. The van der Waals surface area contributed by atoms with Gasteiger partial charge in [-0.25, -0.2) is 0 Å². The molecule has 1 fully saturated rings. The second kappa shape index (κ2) is 3.94. The first-order valence-electron chi connectivity index (χ1n) is 5.79. The smallest absolute Gasteiger partial charge is 0.0711 e. The fourth-order valence-electron chi connectivity index (χ4n) is 2.56. The maximum Gasteiger partial charge on any atom is 0.0711 e. The molecule has 1 saturated heterocycles. The van der Waals surface area contributed by atoms with E-state index in [-0.39, 0.29) is 0 Å². The van der Waals surface area contributed by atoms with Crippen LogP contribution in [-0.2, 0) is 17.7 Å². The van der Waals surface area contributed by atoms with E-state index >= 15 is 0 Å². The maximum atomic E-state index is 5.53. The topological polar surface area (TPSA) is 49.9 Å². The molecule has 0 bridgehead atoms. The number of ether oxygens (including phenoxy) is 1. The first-order valence-corrected chi connectivity index (χ1v) is 5.79. The van der Waals surface area contributed by atoms with Crippen molar-refractivity contribution in [2.45, 2.75) is 31.7 Å². The van der Waals surface area contributed by atoms with Crippen molar-refractivity contribution in [1.82, 2.24) is 15.5 Å². The number of fused-ring (bicyclic) bond motifs is 1. The van der Waals surface area contributed by atoms with Gasteiger partial charge in [0.25, 0.3) is 0 Å². The average molecular weight is 207 g/mol. The van der Waals surface area contributed by atoms with E-state index in [2.05, 4.69) is 15.5 Å². The van der Waals surface area contributed by atoms with Crippen molar-refractivity contribution < 1.29 is 4.74 Å². The van der Waals surface area contributed by atoms with Crippen molar-refractivity contribution in [3.63, 3.8) is 0 Å². The molecule has 4 heteroatoms. The third kappa shape index (κ3) is 1.68. The van der Waals surface area contributed by atoms with Crippen LogP contribution in [0.2, 0.25) is 0 Å². The highest BCUT2D eigenvalue weighted by molar-refractivity contribution is 5.30. The molecule has 1 aromatic rings. The highest BCUT2D eigenvalue weighted by Crippen LogP contribution is 2.29. The summed E-state index contributed by atoms with van der Waals surface area (Å²) in [5.41, 5.74) is 4.00. The minimum absolute atomic E-state index is 0.525. The molecule has 0 radical (unpaired) electrons. The van der Waals surface area contributed by atoms with E-state index < -0.39 is 0 Å². The predicted molar refractivity (Wildman–Crippen MR) is 56.8 cm³/mol. The molecule has 4 nitrogen and oxygen atoms in total. The summed E-state index contributed by atoms with van der Waals surface area (Å²) < 4.78 is 5.53. The number of aromatic nitrogens is 2. The van der Waals surface area contributed by atoms with Gasteiger partial charge in [0.15, 0.2) is 0 Å². The first-order chi connectivity index (χ1) is 7.45. The van der Waals surface area contributed by atoms with Crippen molar-refractivity contribution in [3.05, 3.63) is 17.0 Å². The molecule has 1 aromatic heterocycles. The number of H-pyrrole nitrogens is 1. The van der Waals surface area contributed by atoms with E-state index in [1.54, 1.807) is 0 Å². The van der Waals surface area contributed by atoms with Gasteiger partial charge in [0.1, 0.15) is 0 Å². The van der Waals surface area contributed by atoms with Crippen LogP contribution in [0, 0.1) is 0 Å². The highest BCUT2D eigenvalue weighted by Gasteiger charge is 2.24. The van der Waals surface area contributed by atoms with Crippen LogP contribution in [0.1, 0.15) is 35.7 Å². The summed E-state index contributed by atoms with van der Waals surface area (Å²) >= 11 is 0. The number of nitrogens with zero attached hydrogens (tertiary/aromatic N) is 1. The van der Waals surface area contributed by atoms with Gasteiger partial charge >= 0.3 is 0 Å². The van der Waals surface area contributed by atoms with Crippen LogP contribution >= 0.6 is 0 Å². The molecule has 3 heterocycles. The lowest BCUT2D eigenvalue weighted by molar-refractivity contribution is 0.0790. The Morgan fingerprint density at radius 1 is 1.40 bits per heavy atom. The summed E-state index contributed by atoms with van der Waals surface area (Å²) in [5.74, 6) is 0.525. The second-order valence-electron chi connectivity index (χ2n) is 4.41. The van der Waals surface area contributed by atoms with Crippen LogP contribution < -0.4 is 5.32 Å². The Morgan fingerprint density at radius 3 is 3.27 bits per heavy atom. The van der Waals surface area contributed by atoms with Gasteiger partial charge in [-0.3, -0.25) is 5.10 Å². The van der Waals surface area contributed by atoms with Gasteiger partial charge in [-0.2, -0.15) is 5.10 Å². The van der Waals surface area contributed by atoms with Gasteiger partial charge in [0.05, 0.1) is 18.0 Å². The molecule has 0 saturated carbocycles. The zero-order chi connectivity index (χ0) is 10.1. The van der Waals surface area contributed by atoms with Crippen LogP contribution in [0.25, 0.3) is 0 Å². The zero-order valence-electron chi connectivity index (χ0n) is 8.88. The van der Waals surface area contributed by atoms with Crippen LogP contribution in [0.3, 0.4) is 0 Å². The number of rotatable bonds is 1. The summed E-state index contributed by atoms with van der Waals surface area (Å²) in [4.78, 5) is 0. The molecule has 82 valence electrons. The minimum atomic E-state index is 0.525. The number of hydrogen-bond donors (Lipinski definition) is 2. The van der Waals surface area contributed by atoms with E-state index in [0.29, 0.717) is 5.92 Å². The minimum Gasteiger partial charge on any atom is -0.381 e. The van der Waals surface area contributed by atoms with E-state index in [1.807, 2.05) is 0 Å². The lowest BCUT2D eigenvalue weighted by Crippen LogP contribution is -2.25. The number of nitrogens with one attached hydrogen (secondary N) is 2. The molecule has 2 aliphatic heterocycles. The lowest BCUT2D eigenvalue weighted by atomic mass is 9.93. The summed E-state index contributed by atoms with van der Waals surface area (Å²) in [5, 5.41) is 11.0. The van der Waals surface area contributed by atoms with Crippen molar-refractivity contribution in [2.24, 2.45) is 0 Å². The summed E-state index contributed by atoms with van der Waals surface area (Å²) in [6.07, 6.45) is 3.51. The summed E-state index contributed by atoms with van der Waals surface area (Å²) in [6.45, 7) is 3.79. The third-order valence-electron chi connectivity index (χ3n) is 3.39. The van der Waals surface area contributed by atoms with Crippen molar-refractivity contribution >= 4 is 0 Å². The number of aromatic amines is 1. The highest BCUT2D eigenvalue weighted by atomic mass is 16.5. The molecule has 2 aliphatic rings. The fraction of sp³-hybridized carbons (Fsp3) is 0.727. The monoisotopic (exact) mass is 207 g/mol. The van der Waals surface area contributed by atoms with Crippen molar-refractivity contribution in [2.75, 3.05) is 19.8 Å². The maximum absolute atomic E-state index is 5.53. The molecular formula is C11H17N3O. The van der Waals surface area contributed by atoms with Gasteiger partial charge in [-0.15, -0.1) is 0 Å². The van der Waals surface area contributed by atoms with Crippen LogP contribution in [-0.4, -0.2) is 30.0 Å². The normalized spacial score (nSPS) is 26.3. The average Bonchev–Trinajstić information content (AvgIpc) is 2.74. The van der Waals surface area contributed by atoms with Gasteiger partial charge in [-0.05, 0) is 31.4 Å². The Morgan fingerprint density at radius 2 is 2.40 bits per heavy atom. The Hall–Kier alpha value is -0.870. The molecule has 0 aliphatic carbocycles.